The number of pyridine rings is 1. The van der Waals surface area contributed by atoms with Crippen LogP contribution in [0, 0.1) is 9.52 Å². The number of fused-ring (bicyclic) bond motifs is 1. The van der Waals surface area contributed by atoms with Crippen LogP contribution >= 0.6 is 22.6 Å². The highest BCUT2D eigenvalue weighted by atomic mass is 127. The monoisotopic (exact) mass is 382 g/mol. The van der Waals surface area contributed by atoms with Gasteiger partial charge in [0.25, 0.3) is 0 Å². The molecule has 0 fully saturated rings. The molecule has 0 aliphatic carbocycles. The van der Waals surface area contributed by atoms with Gasteiger partial charge in [0.15, 0.2) is 5.75 Å². The Morgan fingerprint density at radius 3 is 2.55 bits per heavy atom. The predicted molar refractivity (Wildman–Crippen MR) is 84.3 cm³/mol. The van der Waals surface area contributed by atoms with Crippen molar-refractivity contribution in [1.82, 2.24) is 9.55 Å². The molecule has 0 N–H and O–H groups in total. The summed E-state index contributed by atoms with van der Waals surface area (Å²) in [6, 6.07) is 9.57. The van der Waals surface area contributed by atoms with Gasteiger partial charge in [0, 0.05) is 18.5 Å². The zero-order chi connectivity index (χ0) is 13.9. The van der Waals surface area contributed by atoms with Crippen LogP contribution in [0.4, 0.5) is 4.39 Å². The second kappa shape index (κ2) is 5.78. The van der Waals surface area contributed by atoms with E-state index in [1.807, 2.05) is 34.7 Å². The van der Waals surface area contributed by atoms with Gasteiger partial charge in [-0.05, 0) is 33.4 Å². The molecule has 0 aliphatic rings. The van der Waals surface area contributed by atoms with Crippen molar-refractivity contribution in [1.29, 1.82) is 0 Å². The van der Waals surface area contributed by atoms with Gasteiger partial charge in [-0.15, -0.1) is 0 Å². The lowest BCUT2D eigenvalue weighted by Crippen LogP contribution is -2.07. The van der Waals surface area contributed by atoms with Gasteiger partial charge in [-0.25, -0.2) is 4.98 Å². The Morgan fingerprint density at radius 2 is 1.90 bits per heavy atom. The molecule has 0 bridgehead atoms. The van der Waals surface area contributed by atoms with Crippen molar-refractivity contribution in [2.45, 2.75) is 6.54 Å². The Bertz CT molecular complexity index is 709. The van der Waals surface area contributed by atoms with Crippen molar-refractivity contribution in [3.63, 3.8) is 0 Å². The van der Waals surface area contributed by atoms with Crippen LogP contribution in [0.15, 0.2) is 48.9 Å². The Morgan fingerprint density at radius 1 is 1.20 bits per heavy atom. The van der Waals surface area contributed by atoms with Crippen molar-refractivity contribution >= 4 is 33.4 Å². The summed E-state index contributed by atoms with van der Waals surface area (Å²) in [5, 5.41) is 2.43. The summed E-state index contributed by atoms with van der Waals surface area (Å²) in [7, 11) is 0. The van der Waals surface area contributed by atoms with Crippen LogP contribution in [0.2, 0.25) is 0 Å². The van der Waals surface area contributed by atoms with E-state index >= 15 is 0 Å². The minimum absolute atomic E-state index is 0.488. The number of rotatable bonds is 4. The Balaban J connectivity index is 1.64. The molecule has 3 rings (SSSR count). The van der Waals surface area contributed by atoms with E-state index in [9.17, 15) is 4.39 Å². The number of aromatic nitrogens is 2. The first-order valence-electron chi connectivity index (χ1n) is 6.21. The fraction of sp³-hybridized carbons (Fsp3) is 0.133. The van der Waals surface area contributed by atoms with Gasteiger partial charge in [0.05, 0.1) is 16.3 Å². The molecule has 0 aliphatic heterocycles. The third-order valence-corrected chi connectivity index (χ3v) is 3.84. The summed E-state index contributed by atoms with van der Waals surface area (Å²) in [5.41, 5.74) is 0. The second-order valence-electron chi connectivity index (χ2n) is 4.41. The average molecular weight is 382 g/mol. The van der Waals surface area contributed by atoms with Gasteiger partial charge >= 0.3 is 0 Å². The van der Waals surface area contributed by atoms with E-state index in [2.05, 4.69) is 34.1 Å². The number of hydrogen-bond donors (Lipinski definition) is 0. The van der Waals surface area contributed by atoms with Gasteiger partial charge in [-0.1, -0.05) is 24.3 Å². The molecule has 3 aromatic rings. The van der Waals surface area contributed by atoms with E-state index < -0.39 is 5.95 Å². The standard InChI is InChI=1S/C15H12FIN2O/c16-15-7-13(17)14(8-18-15)20-6-5-19-9-11-3-1-2-4-12(11)10-19/h1-4,7-10H,5-6H2. The second-order valence-corrected chi connectivity index (χ2v) is 5.57. The van der Waals surface area contributed by atoms with E-state index in [-0.39, 0.29) is 0 Å². The molecule has 0 atom stereocenters. The highest BCUT2D eigenvalue weighted by Crippen LogP contribution is 2.20. The summed E-state index contributed by atoms with van der Waals surface area (Å²) in [6.07, 6.45) is 5.60. The maximum atomic E-state index is 12.9. The molecular formula is C15H12FIN2O. The fourth-order valence-corrected chi connectivity index (χ4v) is 2.58. The first kappa shape index (κ1) is 13.4. The molecule has 20 heavy (non-hydrogen) atoms. The Kier molecular flexibility index (Phi) is 3.86. The highest BCUT2D eigenvalue weighted by Gasteiger charge is 2.04. The summed E-state index contributed by atoms with van der Waals surface area (Å²) < 4.78 is 21.3. The van der Waals surface area contributed by atoms with Crippen LogP contribution in [0.25, 0.3) is 10.8 Å². The van der Waals surface area contributed by atoms with Crippen LogP contribution in [0.1, 0.15) is 0 Å². The minimum atomic E-state index is -0.488. The summed E-state index contributed by atoms with van der Waals surface area (Å²) in [5.74, 6) is 0.127. The van der Waals surface area contributed by atoms with Crippen LogP contribution in [0.3, 0.4) is 0 Å². The lowest BCUT2D eigenvalue weighted by atomic mass is 10.2. The molecule has 5 heteroatoms. The lowest BCUT2D eigenvalue weighted by molar-refractivity contribution is 0.294. The Labute approximate surface area is 129 Å². The maximum absolute atomic E-state index is 12.9. The van der Waals surface area contributed by atoms with Gasteiger partial charge in [0.2, 0.25) is 5.95 Å². The molecule has 2 heterocycles. The molecule has 2 aromatic heterocycles. The normalized spacial score (nSPS) is 10.9. The SMILES string of the molecule is Fc1cc(I)c(OCCn2cc3ccccc3c2)cn1. The van der Waals surface area contributed by atoms with Crippen LogP contribution in [0.5, 0.6) is 5.75 Å². The molecule has 0 spiro atoms. The van der Waals surface area contributed by atoms with Crippen LogP contribution in [-0.4, -0.2) is 16.2 Å². The maximum Gasteiger partial charge on any atom is 0.214 e. The molecule has 3 nitrogen and oxygen atoms in total. The van der Waals surface area contributed by atoms with E-state index in [1.165, 1.54) is 23.0 Å². The van der Waals surface area contributed by atoms with Crippen molar-refractivity contribution in [2.24, 2.45) is 0 Å². The van der Waals surface area contributed by atoms with E-state index in [4.69, 9.17) is 4.74 Å². The first-order valence-corrected chi connectivity index (χ1v) is 7.28. The van der Waals surface area contributed by atoms with Crippen molar-refractivity contribution in [3.8, 4) is 5.75 Å². The molecule has 0 radical (unpaired) electrons. The van der Waals surface area contributed by atoms with Gasteiger partial charge in [-0.2, -0.15) is 4.39 Å². The Hall–Kier alpha value is -1.63. The number of ether oxygens (including phenoxy) is 1. The number of nitrogens with zero attached hydrogens (tertiary/aromatic N) is 2. The molecule has 0 amide bonds. The van der Waals surface area contributed by atoms with Gasteiger partial charge < -0.3 is 9.30 Å². The predicted octanol–water partition coefficient (Wildman–Crippen LogP) is 3.86. The fourth-order valence-electron chi connectivity index (χ4n) is 2.03. The molecule has 102 valence electrons. The first-order chi connectivity index (χ1) is 9.72. The molecule has 0 saturated heterocycles. The molecule has 0 saturated carbocycles. The van der Waals surface area contributed by atoms with Crippen molar-refractivity contribution in [3.05, 3.63) is 58.4 Å². The summed E-state index contributed by atoms with van der Waals surface area (Å²) >= 11 is 2.04. The number of halogens is 2. The van der Waals surface area contributed by atoms with Gasteiger partial charge in [-0.3, -0.25) is 0 Å². The zero-order valence-corrected chi connectivity index (χ0v) is 12.7. The van der Waals surface area contributed by atoms with E-state index in [1.54, 1.807) is 0 Å². The average Bonchev–Trinajstić information content (AvgIpc) is 2.84. The lowest BCUT2D eigenvalue weighted by Gasteiger charge is -2.08. The number of benzene rings is 1. The summed E-state index contributed by atoms with van der Waals surface area (Å²) in [6.45, 7) is 1.26. The van der Waals surface area contributed by atoms with Crippen LogP contribution < -0.4 is 4.74 Å². The minimum Gasteiger partial charge on any atom is -0.489 e. The number of hydrogen-bond acceptors (Lipinski definition) is 2. The van der Waals surface area contributed by atoms with E-state index in [0.29, 0.717) is 12.4 Å². The third kappa shape index (κ3) is 2.92. The van der Waals surface area contributed by atoms with E-state index in [0.717, 1.165) is 10.1 Å². The zero-order valence-electron chi connectivity index (χ0n) is 10.6. The topological polar surface area (TPSA) is 27.1 Å². The molecule has 1 aromatic carbocycles. The highest BCUT2D eigenvalue weighted by molar-refractivity contribution is 14.1. The van der Waals surface area contributed by atoms with Crippen LogP contribution in [-0.2, 0) is 6.54 Å². The quantitative estimate of drug-likeness (QED) is 0.506. The molecular weight excluding hydrogens is 370 g/mol. The third-order valence-electron chi connectivity index (χ3n) is 3.00. The largest absolute Gasteiger partial charge is 0.489 e. The van der Waals surface area contributed by atoms with Gasteiger partial charge in [0.1, 0.15) is 6.61 Å². The summed E-state index contributed by atoms with van der Waals surface area (Å²) in [4.78, 5) is 3.60. The van der Waals surface area contributed by atoms with Crippen molar-refractivity contribution in [2.75, 3.05) is 6.61 Å². The smallest absolute Gasteiger partial charge is 0.214 e. The van der Waals surface area contributed by atoms with Crippen molar-refractivity contribution < 1.29 is 9.13 Å². The molecule has 0 unspecified atom stereocenters.